The zero-order valence-electron chi connectivity index (χ0n) is 7.75. The van der Waals surface area contributed by atoms with Gasteiger partial charge in [0, 0.05) is 0 Å². The van der Waals surface area contributed by atoms with Crippen LogP contribution in [0.1, 0.15) is 20.3 Å². The molecular formula is C10H16O2. The Bertz CT molecular complexity index is 184. The highest BCUT2D eigenvalue weighted by molar-refractivity contribution is 4.95. The number of hydrogen-bond acceptors (Lipinski definition) is 2. The van der Waals surface area contributed by atoms with Crippen LogP contribution in [-0.4, -0.2) is 18.0 Å². The van der Waals surface area contributed by atoms with Crippen molar-refractivity contribution in [2.24, 2.45) is 0 Å². The van der Waals surface area contributed by atoms with Gasteiger partial charge in [-0.1, -0.05) is 12.2 Å². The van der Waals surface area contributed by atoms with Gasteiger partial charge in [-0.2, -0.15) is 0 Å². The third kappa shape index (κ3) is 1.96. The zero-order valence-corrected chi connectivity index (χ0v) is 7.75. The summed E-state index contributed by atoms with van der Waals surface area (Å²) in [4.78, 5) is 0. The van der Waals surface area contributed by atoms with Gasteiger partial charge < -0.3 is 9.47 Å². The van der Waals surface area contributed by atoms with Crippen LogP contribution >= 0.6 is 0 Å². The van der Waals surface area contributed by atoms with E-state index in [-0.39, 0.29) is 12.2 Å². The maximum Gasteiger partial charge on any atom is 0.164 e. The van der Waals surface area contributed by atoms with Gasteiger partial charge in [0.1, 0.15) is 6.10 Å². The van der Waals surface area contributed by atoms with Crippen molar-refractivity contribution in [2.75, 3.05) is 0 Å². The van der Waals surface area contributed by atoms with E-state index in [4.69, 9.17) is 9.47 Å². The van der Waals surface area contributed by atoms with Crippen molar-refractivity contribution in [1.82, 2.24) is 0 Å². The Morgan fingerprint density at radius 3 is 2.50 bits per heavy atom. The van der Waals surface area contributed by atoms with Crippen LogP contribution in [0.15, 0.2) is 25.3 Å². The second kappa shape index (κ2) is 3.42. The molecule has 1 aliphatic heterocycles. The summed E-state index contributed by atoms with van der Waals surface area (Å²) >= 11 is 0. The number of ether oxygens (including phenoxy) is 2. The minimum Gasteiger partial charge on any atom is -0.344 e. The van der Waals surface area contributed by atoms with Gasteiger partial charge in [-0.3, -0.25) is 0 Å². The second-order valence-electron chi connectivity index (χ2n) is 3.40. The molecule has 12 heavy (non-hydrogen) atoms. The molecule has 0 aromatic rings. The molecule has 1 saturated heterocycles. The van der Waals surface area contributed by atoms with E-state index in [0.717, 1.165) is 6.42 Å². The lowest BCUT2D eigenvalue weighted by Gasteiger charge is -2.16. The first kappa shape index (κ1) is 9.49. The predicted molar refractivity (Wildman–Crippen MR) is 48.8 cm³/mol. The van der Waals surface area contributed by atoms with Crippen molar-refractivity contribution in [3.63, 3.8) is 0 Å². The molecule has 0 amide bonds. The maximum atomic E-state index is 5.63. The van der Waals surface area contributed by atoms with Crippen molar-refractivity contribution >= 4 is 0 Å². The van der Waals surface area contributed by atoms with Gasteiger partial charge in [0.05, 0.1) is 6.10 Å². The molecule has 0 N–H and O–H groups in total. The largest absolute Gasteiger partial charge is 0.344 e. The number of rotatable bonds is 3. The van der Waals surface area contributed by atoms with Crippen LogP contribution in [0.3, 0.4) is 0 Å². The average molecular weight is 168 g/mol. The van der Waals surface area contributed by atoms with E-state index in [1.807, 2.05) is 19.9 Å². The Morgan fingerprint density at radius 2 is 2.00 bits per heavy atom. The van der Waals surface area contributed by atoms with Crippen LogP contribution in [0.2, 0.25) is 0 Å². The molecule has 1 rings (SSSR count). The summed E-state index contributed by atoms with van der Waals surface area (Å²) in [5, 5.41) is 0. The lowest BCUT2D eigenvalue weighted by atomic mass is 10.1. The molecule has 0 radical (unpaired) electrons. The highest BCUT2D eigenvalue weighted by Gasteiger charge is 2.38. The second-order valence-corrected chi connectivity index (χ2v) is 3.40. The summed E-state index contributed by atoms with van der Waals surface area (Å²) in [7, 11) is 0. The summed E-state index contributed by atoms with van der Waals surface area (Å²) in [5.41, 5.74) is 0. The normalized spacial score (nSPS) is 33.2. The SMILES string of the molecule is C=CCC1OC(C)(C)OC1C=C. The van der Waals surface area contributed by atoms with Gasteiger partial charge in [0.25, 0.3) is 0 Å². The van der Waals surface area contributed by atoms with Gasteiger partial charge in [0.2, 0.25) is 0 Å². The first-order valence-electron chi connectivity index (χ1n) is 4.18. The molecular weight excluding hydrogens is 152 g/mol. The van der Waals surface area contributed by atoms with E-state index in [0.29, 0.717) is 0 Å². The highest BCUT2D eigenvalue weighted by atomic mass is 16.7. The van der Waals surface area contributed by atoms with E-state index < -0.39 is 5.79 Å². The Balaban J connectivity index is 2.62. The highest BCUT2D eigenvalue weighted by Crippen LogP contribution is 2.30. The van der Waals surface area contributed by atoms with Crippen molar-refractivity contribution in [3.8, 4) is 0 Å². The molecule has 0 saturated carbocycles. The minimum atomic E-state index is -0.480. The fourth-order valence-corrected chi connectivity index (χ4v) is 1.41. The van der Waals surface area contributed by atoms with Gasteiger partial charge in [-0.05, 0) is 20.3 Å². The first-order chi connectivity index (χ1) is 5.59. The Hall–Kier alpha value is -0.600. The number of hydrogen-bond donors (Lipinski definition) is 0. The monoisotopic (exact) mass is 168 g/mol. The average Bonchev–Trinajstić information content (AvgIpc) is 2.26. The topological polar surface area (TPSA) is 18.5 Å². The summed E-state index contributed by atoms with van der Waals surface area (Å²) in [6.45, 7) is 11.2. The summed E-state index contributed by atoms with van der Waals surface area (Å²) in [5.74, 6) is -0.480. The lowest BCUT2D eigenvalue weighted by molar-refractivity contribution is -0.142. The van der Waals surface area contributed by atoms with Crippen LogP contribution in [0.5, 0.6) is 0 Å². The molecule has 2 unspecified atom stereocenters. The molecule has 68 valence electrons. The van der Waals surface area contributed by atoms with Crippen molar-refractivity contribution in [3.05, 3.63) is 25.3 Å². The lowest BCUT2D eigenvalue weighted by Crippen LogP contribution is -2.21. The van der Waals surface area contributed by atoms with Gasteiger partial charge in [-0.15, -0.1) is 13.2 Å². The third-order valence-electron chi connectivity index (χ3n) is 1.85. The van der Waals surface area contributed by atoms with E-state index >= 15 is 0 Å². The van der Waals surface area contributed by atoms with E-state index in [1.165, 1.54) is 0 Å². The standard InChI is InChI=1S/C10H16O2/c1-5-7-9-8(6-2)11-10(3,4)12-9/h5-6,8-9H,1-2,7H2,3-4H3. The molecule has 1 heterocycles. The molecule has 2 atom stereocenters. The fraction of sp³-hybridized carbons (Fsp3) is 0.600. The van der Waals surface area contributed by atoms with E-state index in [9.17, 15) is 0 Å². The van der Waals surface area contributed by atoms with Gasteiger partial charge in [0.15, 0.2) is 5.79 Å². The summed E-state index contributed by atoms with van der Waals surface area (Å²) in [6, 6.07) is 0. The minimum absolute atomic E-state index is 0.00185. The predicted octanol–water partition coefficient (Wildman–Crippen LogP) is 2.27. The quantitative estimate of drug-likeness (QED) is 0.602. The van der Waals surface area contributed by atoms with Crippen molar-refractivity contribution in [2.45, 2.75) is 38.3 Å². The first-order valence-corrected chi connectivity index (χ1v) is 4.18. The van der Waals surface area contributed by atoms with Crippen LogP contribution in [-0.2, 0) is 9.47 Å². The maximum absolute atomic E-state index is 5.63. The van der Waals surface area contributed by atoms with Crippen molar-refractivity contribution < 1.29 is 9.47 Å². The Labute approximate surface area is 73.9 Å². The third-order valence-corrected chi connectivity index (χ3v) is 1.85. The zero-order chi connectivity index (χ0) is 9.19. The Morgan fingerprint density at radius 1 is 1.33 bits per heavy atom. The molecule has 0 aliphatic carbocycles. The molecule has 2 nitrogen and oxygen atoms in total. The fourth-order valence-electron chi connectivity index (χ4n) is 1.41. The molecule has 1 aliphatic rings. The van der Waals surface area contributed by atoms with Gasteiger partial charge >= 0.3 is 0 Å². The molecule has 0 aromatic carbocycles. The Kier molecular flexibility index (Phi) is 2.70. The summed E-state index contributed by atoms with van der Waals surface area (Å²) in [6.07, 6.45) is 4.50. The van der Waals surface area contributed by atoms with E-state index in [2.05, 4.69) is 13.2 Å². The van der Waals surface area contributed by atoms with Crippen molar-refractivity contribution in [1.29, 1.82) is 0 Å². The smallest absolute Gasteiger partial charge is 0.164 e. The molecule has 0 bridgehead atoms. The van der Waals surface area contributed by atoms with Gasteiger partial charge in [-0.25, -0.2) is 0 Å². The molecule has 0 aromatic heterocycles. The van der Waals surface area contributed by atoms with E-state index in [1.54, 1.807) is 6.08 Å². The van der Waals surface area contributed by atoms with Crippen LogP contribution in [0.25, 0.3) is 0 Å². The van der Waals surface area contributed by atoms with Crippen LogP contribution in [0.4, 0.5) is 0 Å². The van der Waals surface area contributed by atoms with Crippen LogP contribution in [0, 0.1) is 0 Å². The molecule has 0 spiro atoms. The molecule has 2 heteroatoms. The molecule has 1 fully saturated rings. The van der Waals surface area contributed by atoms with Crippen LogP contribution < -0.4 is 0 Å². The summed E-state index contributed by atoms with van der Waals surface area (Å²) < 4.78 is 11.2.